The molecule has 35 heavy (non-hydrogen) atoms. The van der Waals surface area contributed by atoms with Gasteiger partial charge in [0.15, 0.2) is 0 Å². The summed E-state index contributed by atoms with van der Waals surface area (Å²) >= 11 is 5.91. The van der Waals surface area contributed by atoms with E-state index in [4.69, 9.17) is 16.8 Å². The van der Waals surface area contributed by atoms with E-state index in [-0.39, 0.29) is 16.9 Å². The van der Waals surface area contributed by atoms with Gasteiger partial charge in [-0.2, -0.15) is 4.72 Å². The molecular formula is C24H21ClN4O5S. The van der Waals surface area contributed by atoms with Gasteiger partial charge in [0.2, 0.25) is 15.9 Å². The zero-order valence-corrected chi connectivity index (χ0v) is 19.7. The van der Waals surface area contributed by atoms with Gasteiger partial charge in [-0.1, -0.05) is 35.9 Å². The number of nitrogens with one attached hydrogen (secondary N) is 4. The molecule has 0 bridgehead atoms. The first-order valence-corrected chi connectivity index (χ1v) is 12.3. The molecule has 3 aromatic carbocycles. The van der Waals surface area contributed by atoms with Crippen LogP contribution in [-0.2, 0) is 21.2 Å². The minimum absolute atomic E-state index is 0.0550. The van der Waals surface area contributed by atoms with Crippen LogP contribution in [-0.4, -0.2) is 36.5 Å². The fourth-order valence-corrected chi connectivity index (χ4v) is 4.96. The smallest absolute Gasteiger partial charge is 0.274 e. The van der Waals surface area contributed by atoms with Gasteiger partial charge in [0.05, 0.1) is 4.90 Å². The Morgan fingerprint density at radius 2 is 1.74 bits per heavy atom. The van der Waals surface area contributed by atoms with Crippen LogP contribution in [0.2, 0.25) is 5.02 Å². The van der Waals surface area contributed by atoms with Gasteiger partial charge in [0.25, 0.3) is 5.91 Å². The Hall–Kier alpha value is -3.70. The number of carbonyl (C=O) groups is 2. The van der Waals surface area contributed by atoms with Crippen molar-refractivity contribution < 1.29 is 23.2 Å². The molecule has 0 unspecified atom stereocenters. The van der Waals surface area contributed by atoms with Crippen molar-refractivity contribution in [2.24, 2.45) is 0 Å². The third-order valence-corrected chi connectivity index (χ3v) is 7.05. The Morgan fingerprint density at radius 1 is 1.00 bits per heavy atom. The summed E-state index contributed by atoms with van der Waals surface area (Å²) in [6.07, 6.45) is 1.78. The first-order valence-electron chi connectivity index (χ1n) is 10.4. The van der Waals surface area contributed by atoms with Crippen molar-refractivity contribution in [2.45, 2.75) is 17.4 Å². The summed E-state index contributed by atoms with van der Waals surface area (Å²) in [6, 6.07) is 17.8. The molecule has 4 rings (SSSR count). The van der Waals surface area contributed by atoms with E-state index in [1.165, 1.54) is 23.7 Å². The Kier molecular flexibility index (Phi) is 7.17. The van der Waals surface area contributed by atoms with Gasteiger partial charge in [-0.25, -0.2) is 13.9 Å². The zero-order valence-electron chi connectivity index (χ0n) is 18.2. The van der Waals surface area contributed by atoms with Crippen molar-refractivity contribution in [3.8, 4) is 0 Å². The number of aromatic amines is 1. The summed E-state index contributed by atoms with van der Waals surface area (Å²) in [5.41, 5.74) is 3.45. The molecule has 180 valence electrons. The maximum atomic E-state index is 13.2. The molecule has 0 saturated carbocycles. The molecule has 5 N–H and O–H groups in total. The SMILES string of the molecule is O=C(NO)c1cccc(S(=O)(=O)N[C@@H](Cc2c[nH]c3ccccc23)C(=O)Nc2ccc(Cl)cc2)c1. The van der Waals surface area contributed by atoms with Crippen molar-refractivity contribution in [2.75, 3.05) is 5.32 Å². The predicted molar refractivity (Wildman–Crippen MR) is 132 cm³/mol. The van der Waals surface area contributed by atoms with Crippen LogP contribution >= 0.6 is 11.6 Å². The Balaban J connectivity index is 1.65. The van der Waals surface area contributed by atoms with E-state index in [2.05, 4.69) is 15.0 Å². The number of benzene rings is 3. The monoisotopic (exact) mass is 512 g/mol. The maximum absolute atomic E-state index is 13.2. The molecule has 1 heterocycles. The van der Waals surface area contributed by atoms with Gasteiger partial charge < -0.3 is 10.3 Å². The van der Waals surface area contributed by atoms with E-state index in [0.29, 0.717) is 10.7 Å². The number of hydrogen-bond donors (Lipinski definition) is 5. The number of anilines is 1. The summed E-state index contributed by atoms with van der Waals surface area (Å²) < 4.78 is 28.8. The van der Waals surface area contributed by atoms with Crippen LogP contribution in [0.15, 0.2) is 83.9 Å². The predicted octanol–water partition coefficient (Wildman–Crippen LogP) is 3.47. The number of hydroxylamine groups is 1. The number of hydrogen-bond acceptors (Lipinski definition) is 5. The molecule has 2 amide bonds. The van der Waals surface area contributed by atoms with Gasteiger partial charge in [0, 0.05) is 33.4 Å². The lowest BCUT2D eigenvalue weighted by atomic mass is 10.0. The van der Waals surface area contributed by atoms with Crippen LogP contribution in [0, 0.1) is 0 Å². The van der Waals surface area contributed by atoms with Crippen molar-refractivity contribution in [3.63, 3.8) is 0 Å². The molecule has 0 aliphatic carbocycles. The Labute approximate surface area is 206 Å². The van der Waals surface area contributed by atoms with Crippen LogP contribution in [0.5, 0.6) is 0 Å². The lowest BCUT2D eigenvalue weighted by molar-refractivity contribution is -0.117. The molecule has 0 fully saturated rings. The Bertz CT molecular complexity index is 1490. The van der Waals surface area contributed by atoms with Gasteiger partial charge in [-0.3, -0.25) is 14.8 Å². The van der Waals surface area contributed by atoms with Crippen molar-refractivity contribution in [1.29, 1.82) is 0 Å². The molecule has 1 aromatic heterocycles. The fraction of sp³-hybridized carbons (Fsp3) is 0.0833. The van der Waals surface area contributed by atoms with Crippen molar-refractivity contribution in [3.05, 3.63) is 95.1 Å². The molecule has 1 atom stereocenters. The molecule has 0 radical (unpaired) electrons. The Morgan fingerprint density at radius 3 is 2.49 bits per heavy atom. The first-order chi connectivity index (χ1) is 16.8. The highest BCUT2D eigenvalue weighted by molar-refractivity contribution is 7.89. The van der Waals surface area contributed by atoms with E-state index >= 15 is 0 Å². The number of amides is 2. The topological polar surface area (TPSA) is 140 Å². The van der Waals surface area contributed by atoms with E-state index < -0.39 is 27.9 Å². The second-order valence-corrected chi connectivity index (χ2v) is 9.85. The highest BCUT2D eigenvalue weighted by Gasteiger charge is 2.27. The van der Waals surface area contributed by atoms with Crippen LogP contribution < -0.4 is 15.5 Å². The standard InChI is InChI=1S/C24H21ClN4O5S/c25-17-8-10-18(11-9-17)27-24(31)22(13-16-14-26-21-7-2-1-6-20(16)21)29-35(33,34)19-5-3-4-15(12-19)23(30)28-32/h1-12,14,22,26,29,32H,13H2,(H,27,31)(H,28,30)/t22-/m0/s1. The van der Waals surface area contributed by atoms with Crippen LogP contribution in [0.4, 0.5) is 5.69 Å². The number of halogens is 1. The van der Waals surface area contributed by atoms with Crippen molar-refractivity contribution in [1.82, 2.24) is 15.2 Å². The summed E-state index contributed by atoms with van der Waals surface area (Å²) in [4.78, 5) is 27.8. The molecule has 0 aliphatic rings. The second-order valence-electron chi connectivity index (χ2n) is 7.70. The summed E-state index contributed by atoms with van der Waals surface area (Å²) in [5, 5.41) is 12.9. The van der Waals surface area contributed by atoms with E-state index in [1.807, 2.05) is 24.3 Å². The van der Waals surface area contributed by atoms with E-state index in [9.17, 15) is 18.0 Å². The quantitative estimate of drug-likeness (QED) is 0.182. The van der Waals surface area contributed by atoms with E-state index in [0.717, 1.165) is 22.5 Å². The third kappa shape index (κ3) is 5.69. The summed E-state index contributed by atoms with van der Waals surface area (Å²) in [5.74, 6) is -1.44. The molecule has 0 saturated heterocycles. The third-order valence-electron chi connectivity index (χ3n) is 5.33. The maximum Gasteiger partial charge on any atom is 0.274 e. The summed E-state index contributed by atoms with van der Waals surface area (Å²) in [6.45, 7) is 0. The number of rotatable bonds is 8. The second kappa shape index (κ2) is 10.3. The number of aromatic nitrogens is 1. The van der Waals surface area contributed by atoms with Gasteiger partial charge in [-0.15, -0.1) is 0 Å². The number of sulfonamides is 1. The van der Waals surface area contributed by atoms with Crippen LogP contribution in [0.1, 0.15) is 15.9 Å². The van der Waals surface area contributed by atoms with Crippen molar-refractivity contribution >= 4 is 50.0 Å². The number of H-pyrrole nitrogens is 1. The van der Waals surface area contributed by atoms with Gasteiger partial charge in [-0.05, 0) is 60.5 Å². The number of fused-ring (bicyclic) bond motifs is 1. The van der Waals surface area contributed by atoms with Crippen LogP contribution in [0.25, 0.3) is 10.9 Å². The normalized spacial score (nSPS) is 12.3. The minimum Gasteiger partial charge on any atom is -0.361 e. The number of para-hydroxylation sites is 1. The highest BCUT2D eigenvalue weighted by atomic mass is 35.5. The lowest BCUT2D eigenvalue weighted by Gasteiger charge is -2.19. The molecule has 9 nitrogen and oxygen atoms in total. The fourth-order valence-electron chi connectivity index (χ4n) is 3.60. The molecule has 0 spiro atoms. The molecular weight excluding hydrogens is 492 g/mol. The average molecular weight is 513 g/mol. The molecule has 11 heteroatoms. The molecule has 4 aromatic rings. The largest absolute Gasteiger partial charge is 0.361 e. The van der Waals surface area contributed by atoms with Gasteiger partial charge in [0.1, 0.15) is 6.04 Å². The minimum atomic E-state index is -4.23. The van der Waals surface area contributed by atoms with E-state index in [1.54, 1.807) is 30.5 Å². The zero-order chi connectivity index (χ0) is 25.0. The number of carbonyl (C=O) groups excluding carboxylic acids is 2. The lowest BCUT2D eigenvalue weighted by Crippen LogP contribution is -2.45. The van der Waals surface area contributed by atoms with Crippen LogP contribution in [0.3, 0.4) is 0 Å². The summed E-state index contributed by atoms with van der Waals surface area (Å²) in [7, 11) is -4.23. The first kappa shape index (κ1) is 24.4. The average Bonchev–Trinajstić information content (AvgIpc) is 3.27. The highest BCUT2D eigenvalue weighted by Crippen LogP contribution is 2.21. The molecule has 0 aliphatic heterocycles. The van der Waals surface area contributed by atoms with Gasteiger partial charge >= 0.3 is 0 Å².